The fraction of sp³-hybridized carbons (Fsp3) is 0.435. The average Bonchev–Trinajstić information content (AvgIpc) is 2.75. The van der Waals surface area contributed by atoms with Crippen LogP contribution >= 0.6 is 0 Å². The quantitative estimate of drug-likeness (QED) is 0.746. The molecule has 0 aliphatic carbocycles. The van der Waals surface area contributed by atoms with E-state index in [9.17, 15) is 9.90 Å². The smallest absolute Gasteiger partial charge is 0.410 e. The summed E-state index contributed by atoms with van der Waals surface area (Å²) in [5, 5.41) is 10.1. The second-order valence-corrected chi connectivity index (χ2v) is 7.44. The van der Waals surface area contributed by atoms with Crippen LogP contribution in [-0.4, -0.2) is 40.6 Å². The van der Waals surface area contributed by atoms with Gasteiger partial charge in [0.05, 0.1) is 18.2 Å². The van der Waals surface area contributed by atoms with E-state index in [4.69, 9.17) is 15.2 Å². The van der Waals surface area contributed by atoms with E-state index in [0.29, 0.717) is 25.8 Å². The first-order valence-electron chi connectivity index (χ1n) is 10.2. The molecule has 2 aromatic carbocycles. The Bertz CT molecular complexity index is 756. The first kappa shape index (κ1) is 21.3. The molecule has 0 radical (unpaired) electrons. The highest BCUT2D eigenvalue weighted by Gasteiger charge is 2.37. The van der Waals surface area contributed by atoms with E-state index in [1.54, 1.807) is 4.90 Å². The number of amides is 1. The molecule has 4 atom stereocenters. The maximum absolute atomic E-state index is 13.1. The van der Waals surface area contributed by atoms with E-state index < -0.39 is 18.4 Å². The number of aliphatic hydroxyl groups excluding tert-OH is 1. The predicted molar refractivity (Wildman–Crippen MR) is 111 cm³/mol. The van der Waals surface area contributed by atoms with Crippen molar-refractivity contribution in [3.05, 3.63) is 71.8 Å². The Morgan fingerprint density at radius 1 is 1.14 bits per heavy atom. The molecular formula is C23H30N2O4. The summed E-state index contributed by atoms with van der Waals surface area (Å²) in [4.78, 5) is 14.8. The number of aliphatic hydroxyl groups is 1. The molecule has 1 saturated heterocycles. The summed E-state index contributed by atoms with van der Waals surface area (Å²) in [5.41, 5.74) is 7.82. The van der Waals surface area contributed by atoms with Gasteiger partial charge in [-0.15, -0.1) is 0 Å². The lowest BCUT2D eigenvalue weighted by Crippen LogP contribution is -2.53. The summed E-state index contributed by atoms with van der Waals surface area (Å²) in [6.07, 6.45) is 0.330. The topological polar surface area (TPSA) is 85.0 Å². The zero-order valence-corrected chi connectivity index (χ0v) is 16.8. The van der Waals surface area contributed by atoms with Gasteiger partial charge >= 0.3 is 6.09 Å². The maximum atomic E-state index is 13.1. The van der Waals surface area contributed by atoms with Crippen molar-refractivity contribution in [1.82, 2.24) is 4.90 Å². The zero-order chi connectivity index (χ0) is 20.6. The fourth-order valence-corrected chi connectivity index (χ4v) is 3.71. The first-order valence-corrected chi connectivity index (χ1v) is 10.2. The minimum atomic E-state index is -1.01. The zero-order valence-electron chi connectivity index (χ0n) is 16.8. The Morgan fingerprint density at radius 3 is 2.34 bits per heavy atom. The van der Waals surface area contributed by atoms with Gasteiger partial charge in [0.2, 0.25) is 0 Å². The summed E-state index contributed by atoms with van der Waals surface area (Å²) in [6, 6.07) is 18.8. The minimum absolute atomic E-state index is 0.209. The third-order valence-corrected chi connectivity index (χ3v) is 5.35. The van der Waals surface area contributed by atoms with Gasteiger partial charge in [0, 0.05) is 6.54 Å². The van der Waals surface area contributed by atoms with Gasteiger partial charge in [-0.05, 0) is 30.4 Å². The van der Waals surface area contributed by atoms with Crippen molar-refractivity contribution in [1.29, 1.82) is 0 Å². The molecule has 3 N–H and O–H groups in total. The van der Waals surface area contributed by atoms with E-state index in [0.717, 1.165) is 11.1 Å². The van der Waals surface area contributed by atoms with Crippen LogP contribution in [0.1, 0.15) is 37.3 Å². The summed E-state index contributed by atoms with van der Waals surface area (Å²) in [5.74, 6) is 0. The van der Waals surface area contributed by atoms with E-state index in [1.165, 1.54) is 0 Å². The molecule has 1 heterocycles. The van der Waals surface area contributed by atoms with E-state index in [-0.39, 0.29) is 18.8 Å². The summed E-state index contributed by atoms with van der Waals surface area (Å²) >= 11 is 0. The molecular weight excluding hydrogens is 368 g/mol. The van der Waals surface area contributed by atoms with Crippen molar-refractivity contribution in [2.45, 2.75) is 63.8 Å². The lowest BCUT2D eigenvalue weighted by Gasteiger charge is -2.40. The average molecular weight is 399 g/mol. The number of carbonyl (C=O) groups excluding carboxylic acids is 1. The SMILES string of the molecule is CC[C@H]([C@@H]1CCC(N)C(O)O1)N(Cc1ccccc1)C(=O)OCc1ccccc1. The molecule has 1 fully saturated rings. The monoisotopic (exact) mass is 398 g/mol. The van der Waals surface area contributed by atoms with Gasteiger partial charge in [0.15, 0.2) is 6.29 Å². The van der Waals surface area contributed by atoms with Gasteiger partial charge < -0.3 is 20.3 Å². The van der Waals surface area contributed by atoms with Gasteiger partial charge in [0.1, 0.15) is 6.61 Å². The minimum Gasteiger partial charge on any atom is -0.445 e. The van der Waals surface area contributed by atoms with Crippen LogP contribution in [0.4, 0.5) is 4.79 Å². The highest BCUT2D eigenvalue weighted by molar-refractivity contribution is 5.68. The van der Waals surface area contributed by atoms with Gasteiger partial charge in [-0.1, -0.05) is 67.6 Å². The molecule has 1 aliphatic rings. The van der Waals surface area contributed by atoms with Gasteiger partial charge in [-0.3, -0.25) is 4.90 Å². The number of rotatable bonds is 7. The number of nitrogens with zero attached hydrogens (tertiary/aromatic N) is 1. The second-order valence-electron chi connectivity index (χ2n) is 7.44. The summed E-state index contributed by atoms with van der Waals surface area (Å²) in [7, 11) is 0. The van der Waals surface area contributed by atoms with Crippen LogP contribution in [0.25, 0.3) is 0 Å². The third kappa shape index (κ3) is 5.79. The van der Waals surface area contributed by atoms with Crippen LogP contribution in [0, 0.1) is 0 Å². The lowest BCUT2D eigenvalue weighted by atomic mass is 9.96. The van der Waals surface area contributed by atoms with Crippen LogP contribution in [-0.2, 0) is 22.6 Å². The van der Waals surface area contributed by atoms with Crippen molar-refractivity contribution in [3.63, 3.8) is 0 Å². The number of benzene rings is 2. The van der Waals surface area contributed by atoms with Crippen LogP contribution in [0.3, 0.4) is 0 Å². The molecule has 1 amide bonds. The molecule has 6 nitrogen and oxygen atoms in total. The first-order chi connectivity index (χ1) is 14.1. The molecule has 156 valence electrons. The molecule has 6 heteroatoms. The second kappa shape index (κ2) is 10.4. The Kier molecular flexibility index (Phi) is 7.63. The van der Waals surface area contributed by atoms with Crippen molar-refractivity contribution in [2.75, 3.05) is 0 Å². The molecule has 2 aromatic rings. The van der Waals surface area contributed by atoms with Crippen molar-refractivity contribution < 1.29 is 19.4 Å². The Morgan fingerprint density at radius 2 is 1.76 bits per heavy atom. The molecule has 29 heavy (non-hydrogen) atoms. The van der Waals surface area contributed by atoms with Gasteiger partial charge in [-0.25, -0.2) is 4.79 Å². The number of hydrogen-bond acceptors (Lipinski definition) is 5. The molecule has 0 bridgehead atoms. The summed E-state index contributed by atoms with van der Waals surface area (Å²) < 4.78 is 11.4. The highest BCUT2D eigenvalue weighted by Crippen LogP contribution is 2.26. The number of carbonyl (C=O) groups is 1. The maximum Gasteiger partial charge on any atom is 0.410 e. The van der Waals surface area contributed by atoms with E-state index in [1.807, 2.05) is 67.6 Å². The van der Waals surface area contributed by atoms with Gasteiger partial charge in [0.25, 0.3) is 0 Å². The highest BCUT2D eigenvalue weighted by atomic mass is 16.6. The molecule has 0 spiro atoms. The third-order valence-electron chi connectivity index (χ3n) is 5.35. The molecule has 1 aliphatic heterocycles. The Labute approximate surface area is 172 Å². The van der Waals surface area contributed by atoms with Crippen LogP contribution in [0.2, 0.25) is 0 Å². The molecule has 3 rings (SSSR count). The van der Waals surface area contributed by atoms with Crippen LogP contribution < -0.4 is 5.73 Å². The van der Waals surface area contributed by atoms with Crippen LogP contribution in [0.15, 0.2) is 60.7 Å². The Hall–Kier alpha value is -2.41. The number of hydrogen-bond donors (Lipinski definition) is 2. The van der Waals surface area contributed by atoms with E-state index in [2.05, 4.69) is 0 Å². The summed E-state index contributed by atoms with van der Waals surface area (Å²) in [6.45, 7) is 2.63. The molecule has 0 saturated carbocycles. The lowest BCUT2D eigenvalue weighted by molar-refractivity contribution is -0.188. The normalized spacial score (nSPS) is 22.7. The number of nitrogens with two attached hydrogens (primary N) is 1. The van der Waals surface area contributed by atoms with Crippen molar-refractivity contribution in [3.8, 4) is 0 Å². The van der Waals surface area contributed by atoms with Crippen molar-refractivity contribution in [2.24, 2.45) is 5.73 Å². The fourth-order valence-electron chi connectivity index (χ4n) is 3.71. The standard InChI is InChI=1S/C23H30N2O4/c1-2-20(21-14-13-19(24)22(26)29-21)25(15-17-9-5-3-6-10-17)23(27)28-16-18-11-7-4-8-12-18/h3-12,19-22,26H,2,13-16,24H2,1H3/t19?,20-,21+,22?/m1/s1. The van der Waals surface area contributed by atoms with Crippen molar-refractivity contribution >= 4 is 6.09 Å². The predicted octanol–water partition coefficient (Wildman–Crippen LogP) is 3.43. The van der Waals surface area contributed by atoms with Gasteiger partial charge in [-0.2, -0.15) is 0 Å². The molecule has 0 aromatic heterocycles. The van der Waals surface area contributed by atoms with E-state index >= 15 is 0 Å². The van der Waals surface area contributed by atoms with Crippen LogP contribution in [0.5, 0.6) is 0 Å². The largest absolute Gasteiger partial charge is 0.445 e. The Balaban J connectivity index is 1.76. The number of ether oxygens (including phenoxy) is 2. The molecule has 2 unspecified atom stereocenters.